The van der Waals surface area contributed by atoms with E-state index >= 15 is 0 Å². The van der Waals surface area contributed by atoms with Crippen LogP contribution in [0.5, 0.6) is 0 Å². The Labute approximate surface area is 326 Å². The van der Waals surface area contributed by atoms with Crippen LogP contribution in [-0.4, -0.2) is 42.4 Å². The number of benzene rings is 2. The molecule has 275 valence electrons. The van der Waals surface area contributed by atoms with Crippen LogP contribution in [-0.2, 0) is 20.1 Å². The van der Waals surface area contributed by atoms with E-state index in [4.69, 9.17) is 0 Å². The number of aromatic nitrogens is 6. The molecular weight excluding hydrogens is 863 g/mol. The van der Waals surface area contributed by atoms with E-state index in [0.29, 0.717) is 11.3 Å². The van der Waals surface area contributed by atoms with Crippen LogP contribution in [0, 0.1) is 57.3 Å². The number of hydrogen-bond donors (Lipinski definition) is 0. The topological polar surface area (TPSA) is 81.8 Å². The van der Waals surface area contributed by atoms with Crippen LogP contribution >= 0.6 is 0 Å². The Morgan fingerprint density at radius 2 is 1.28 bits per heavy atom. The number of nitrogens with zero attached hydrogens (tertiary/aromatic N) is 10. The van der Waals surface area contributed by atoms with Gasteiger partial charge in [0.25, 0.3) is 0 Å². The molecule has 7 aromatic rings. The molecule has 0 unspecified atom stereocenters. The summed E-state index contributed by atoms with van der Waals surface area (Å²) in [7, 11) is 0. The smallest absolute Gasteiger partial charge is 0.128 e. The molecular formula is C41H33F2IrN10-5. The van der Waals surface area contributed by atoms with E-state index in [2.05, 4.69) is 100 Å². The van der Waals surface area contributed by atoms with Crippen molar-refractivity contribution in [1.82, 2.24) is 29.3 Å². The van der Waals surface area contributed by atoms with Gasteiger partial charge in [-0.2, -0.15) is 74.0 Å². The summed E-state index contributed by atoms with van der Waals surface area (Å²) < 4.78 is 28.3. The normalized spacial score (nSPS) is 13.0. The van der Waals surface area contributed by atoms with E-state index in [1.807, 2.05) is 74.8 Å². The monoisotopic (exact) mass is 896 g/mol. The fourth-order valence-electron chi connectivity index (χ4n) is 6.37. The Kier molecular flexibility index (Phi) is 10.9. The minimum absolute atomic E-state index is 0. The number of fused-ring (bicyclic) bond motifs is 3. The maximum atomic E-state index is 13.7. The van der Waals surface area contributed by atoms with Crippen molar-refractivity contribution in [2.45, 2.75) is 26.7 Å². The Morgan fingerprint density at radius 3 is 1.81 bits per heavy atom. The molecule has 0 bridgehead atoms. The molecule has 10 nitrogen and oxygen atoms in total. The van der Waals surface area contributed by atoms with Gasteiger partial charge in [0.2, 0.25) is 0 Å². The van der Waals surface area contributed by atoms with Crippen LogP contribution in [0.3, 0.4) is 0 Å². The third-order valence-corrected chi connectivity index (χ3v) is 9.07. The molecule has 0 aliphatic carbocycles. The van der Waals surface area contributed by atoms with Gasteiger partial charge in [-0.15, -0.1) is 17.4 Å². The second kappa shape index (κ2) is 16.1. The third kappa shape index (κ3) is 7.24. The molecule has 2 aliphatic rings. The maximum Gasteiger partial charge on any atom is 0.128 e. The van der Waals surface area contributed by atoms with Crippen molar-refractivity contribution >= 4 is 40.0 Å². The second-order valence-electron chi connectivity index (χ2n) is 12.4. The van der Waals surface area contributed by atoms with E-state index in [-0.39, 0.29) is 25.7 Å². The molecule has 0 spiro atoms. The van der Waals surface area contributed by atoms with Crippen molar-refractivity contribution in [2.24, 2.45) is 0 Å². The molecule has 0 fully saturated rings. The summed E-state index contributed by atoms with van der Waals surface area (Å²) in [6.45, 7) is 9.88. The van der Waals surface area contributed by atoms with Gasteiger partial charge in [-0.3, -0.25) is 9.97 Å². The molecule has 5 aromatic heterocycles. The van der Waals surface area contributed by atoms with Crippen LogP contribution in [0.4, 0.5) is 43.2 Å². The minimum atomic E-state index is -0.945. The number of rotatable bonds is 8. The molecule has 0 atom stereocenters. The summed E-state index contributed by atoms with van der Waals surface area (Å²) >= 11 is 0. The standard InChI is InChI=1S/C28H24N6.C13H9F2N4.Ir/c1-3-11-23(12-4-1)33-21-31(25-15-9-17-29-27(25)33)19-7-8-20-32-22-34(24-13-5-2-6-14-24)28-26(32)16-10-18-30-28;1-7-8(2)19-6-5-16-11(13(19)17-7)9-3-4-10(14)18-12(9)15;/h1-6,9-11,13,15-18,21-22H,7-8,19-20H2;4-6H,1-2H3;/q-4;-1;. The number of halogens is 2. The van der Waals surface area contributed by atoms with E-state index in [1.54, 1.807) is 10.6 Å². The number of anilines is 6. The largest absolute Gasteiger partial charge is 0.500 e. The Hall–Kier alpha value is -5.78. The number of imidazole rings is 1. The average molecular weight is 896 g/mol. The molecule has 7 heterocycles. The second-order valence-corrected chi connectivity index (χ2v) is 12.4. The van der Waals surface area contributed by atoms with Gasteiger partial charge in [0, 0.05) is 67.7 Å². The van der Waals surface area contributed by atoms with Crippen LogP contribution in [0.15, 0.2) is 104 Å². The first-order chi connectivity index (χ1) is 26.0. The number of aryl methyl sites for hydroxylation is 2. The van der Waals surface area contributed by atoms with Gasteiger partial charge < -0.3 is 24.0 Å². The van der Waals surface area contributed by atoms with Crippen molar-refractivity contribution < 1.29 is 28.9 Å². The summed E-state index contributed by atoms with van der Waals surface area (Å²) in [5.41, 5.74) is 6.83. The fraction of sp³-hybridized carbons (Fsp3) is 0.146. The zero-order valence-electron chi connectivity index (χ0n) is 29.4. The van der Waals surface area contributed by atoms with Gasteiger partial charge in [-0.1, -0.05) is 11.6 Å². The van der Waals surface area contributed by atoms with Crippen molar-refractivity contribution in [3.8, 4) is 11.3 Å². The van der Waals surface area contributed by atoms with Crippen LogP contribution in [0.2, 0.25) is 0 Å². The first-order valence-electron chi connectivity index (χ1n) is 17.2. The summed E-state index contributed by atoms with van der Waals surface area (Å²) in [6, 6.07) is 34.4. The molecule has 9 rings (SSSR count). The van der Waals surface area contributed by atoms with E-state index in [9.17, 15) is 8.78 Å². The Balaban J connectivity index is 0.000000191. The summed E-state index contributed by atoms with van der Waals surface area (Å²) in [6.07, 6.45) is 9.06. The Morgan fingerprint density at radius 1 is 0.685 bits per heavy atom. The van der Waals surface area contributed by atoms with Gasteiger partial charge in [0.15, 0.2) is 0 Å². The summed E-state index contributed by atoms with van der Waals surface area (Å²) in [5.74, 6) is 0.0444. The summed E-state index contributed by atoms with van der Waals surface area (Å²) in [5, 5.41) is 0. The van der Waals surface area contributed by atoms with Gasteiger partial charge in [0.05, 0.1) is 5.69 Å². The molecule has 54 heavy (non-hydrogen) atoms. The zero-order chi connectivity index (χ0) is 36.3. The first kappa shape index (κ1) is 36.6. The van der Waals surface area contributed by atoms with Crippen molar-refractivity contribution in [3.63, 3.8) is 0 Å². The molecule has 0 saturated carbocycles. The van der Waals surface area contributed by atoms with Crippen LogP contribution < -0.4 is 19.6 Å². The minimum Gasteiger partial charge on any atom is -0.500 e. The van der Waals surface area contributed by atoms with Gasteiger partial charge in [-0.25, -0.2) is 23.7 Å². The van der Waals surface area contributed by atoms with Crippen molar-refractivity contribution in [1.29, 1.82) is 0 Å². The third-order valence-electron chi connectivity index (χ3n) is 9.07. The quantitative estimate of drug-likeness (QED) is 0.0853. The molecule has 2 aliphatic heterocycles. The number of pyridine rings is 3. The van der Waals surface area contributed by atoms with Crippen LogP contribution in [0.25, 0.3) is 16.9 Å². The SMILES string of the molecule is Cc1nc2c(-c3[c-]cc(F)nc3F)nccn2c1C.[Ir].[c-]1ccccc1N1[CH-]N(CCCCN2[CH-]N(c3[c-]cccc3)c3ncccc32)c2cccnc21. The van der Waals surface area contributed by atoms with Crippen LogP contribution in [0.1, 0.15) is 24.2 Å². The first-order valence-corrected chi connectivity index (χ1v) is 17.2. The van der Waals surface area contributed by atoms with E-state index < -0.39 is 11.9 Å². The number of hydrogen-bond acceptors (Lipinski definition) is 9. The van der Waals surface area contributed by atoms with Crippen molar-refractivity contribution in [2.75, 3.05) is 32.7 Å². The van der Waals surface area contributed by atoms with Gasteiger partial charge >= 0.3 is 0 Å². The molecule has 13 heteroatoms. The molecule has 0 amide bonds. The fourth-order valence-corrected chi connectivity index (χ4v) is 6.37. The summed E-state index contributed by atoms with van der Waals surface area (Å²) in [4.78, 5) is 29.6. The average Bonchev–Trinajstić information content (AvgIpc) is 3.85. The predicted octanol–water partition coefficient (Wildman–Crippen LogP) is 8.20. The van der Waals surface area contributed by atoms with Gasteiger partial charge in [0.1, 0.15) is 29.2 Å². The maximum absolute atomic E-state index is 13.7. The van der Waals surface area contributed by atoms with Gasteiger partial charge in [-0.05, 0) is 64.0 Å². The molecule has 0 N–H and O–H groups in total. The van der Waals surface area contributed by atoms with E-state index in [0.717, 1.165) is 77.8 Å². The molecule has 0 saturated heterocycles. The number of unbranched alkanes of at least 4 members (excludes halogenated alkanes) is 1. The predicted molar refractivity (Wildman–Crippen MR) is 200 cm³/mol. The molecule has 2 aromatic carbocycles. The molecule has 1 radical (unpaired) electrons. The van der Waals surface area contributed by atoms with Crippen molar-refractivity contribution in [3.05, 3.63) is 158 Å². The Bertz CT molecular complexity index is 2260. The van der Waals surface area contributed by atoms with E-state index in [1.165, 1.54) is 6.20 Å². The zero-order valence-corrected chi connectivity index (χ0v) is 31.8. The number of para-hydroxylation sites is 2.